The van der Waals surface area contributed by atoms with Crippen LogP contribution in [0.1, 0.15) is 41.6 Å². The third kappa shape index (κ3) is 6.13. The molecule has 1 aromatic heterocycles. The van der Waals surface area contributed by atoms with Crippen LogP contribution in [0.25, 0.3) is 11.3 Å². The third-order valence-electron chi connectivity index (χ3n) is 5.53. The van der Waals surface area contributed by atoms with E-state index in [1.807, 2.05) is 77.7 Å². The summed E-state index contributed by atoms with van der Waals surface area (Å²) in [5.74, 6) is 0.696. The molecule has 1 amide bonds. The van der Waals surface area contributed by atoms with Gasteiger partial charge >= 0.3 is 5.97 Å². The Labute approximate surface area is 193 Å². The molecule has 0 saturated heterocycles. The Morgan fingerprint density at radius 3 is 2.52 bits per heavy atom. The largest absolute Gasteiger partial charge is 0.489 e. The molecule has 6 heteroatoms. The summed E-state index contributed by atoms with van der Waals surface area (Å²) < 4.78 is 11.3. The number of aliphatic carboxylic acids is 1. The maximum atomic E-state index is 13.3. The van der Waals surface area contributed by atoms with Crippen LogP contribution in [0.3, 0.4) is 0 Å². The number of carbonyl (C=O) groups is 2. The number of carboxylic acid groups (broad SMARTS) is 1. The Bertz CT molecular complexity index is 1100. The van der Waals surface area contributed by atoms with Crippen LogP contribution in [-0.2, 0) is 11.3 Å². The van der Waals surface area contributed by atoms with Crippen molar-refractivity contribution in [1.82, 2.24) is 4.90 Å². The van der Waals surface area contributed by atoms with E-state index >= 15 is 0 Å². The molecular weight excluding hydrogens is 418 g/mol. The molecule has 6 nitrogen and oxygen atoms in total. The molecule has 0 unspecified atom stereocenters. The van der Waals surface area contributed by atoms with Crippen molar-refractivity contribution in [3.05, 3.63) is 90.2 Å². The maximum absolute atomic E-state index is 13.3. The van der Waals surface area contributed by atoms with Crippen molar-refractivity contribution in [2.75, 3.05) is 6.61 Å². The van der Waals surface area contributed by atoms with E-state index in [1.165, 1.54) is 0 Å². The Balaban J connectivity index is 1.42. The van der Waals surface area contributed by atoms with Gasteiger partial charge in [-0.25, -0.2) is 0 Å². The van der Waals surface area contributed by atoms with Crippen molar-refractivity contribution >= 4 is 11.9 Å². The molecule has 1 heterocycles. The molecule has 2 aromatic carbocycles. The van der Waals surface area contributed by atoms with Crippen LogP contribution in [0.15, 0.2) is 83.5 Å². The van der Waals surface area contributed by atoms with Crippen LogP contribution in [0.4, 0.5) is 0 Å². The van der Waals surface area contributed by atoms with E-state index < -0.39 is 5.97 Å². The van der Waals surface area contributed by atoms with Crippen LogP contribution < -0.4 is 4.74 Å². The van der Waals surface area contributed by atoms with Gasteiger partial charge in [-0.2, -0.15) is 0 Å². The van der Waals surface area contributed by atoms with Crippen LogP contribution >= 0.6 is 0 Å². The van der Waals surface area contributed by atoms with E-state index in [-0.39, 0.29) is 18.4 Å². The summed E-state index contributed by atoms with van der Waals surface area (Å²) in [7, 11) is 0. The van der Waals surface area contributed by atoms with Gasteiger partial charge in [-0.1, -0.05) is 42.5 Å². The monoisotopic (exact) mass is 445 g/mol. The third-order valence-corrected chi connectivity index (χ3v) is 5.53. The number of hydrogen-bond acceptors (Lipinski definition) is 4. The van der Waals surface area contributed by atoms with Gasteiger partial charge in [-0.3, -0.25) is 9.59 Å². The van der Waals surface area contributed by atoms with E-state index in [1.54, 1.807) is 6.26 Å². The number of carboxylic acids is 1. The van der Waals surface area contributed by atoms with Gasteiger partial charge < -0.3 is 19.2 Å². The predicted octanol–water partition coefficient (Wildman–Crippen LogP) is 5.55. The number of allylic oxidation sites excluding steroid dienone is 1. The molecule has 0 bridgehead atoms. The Morgan fingerprint density at radius 1 is 1.03 bits per heavy atom. The summed E-state index contributed by atoms with van der Waals surface area (Å²) in [4.78, 5) is 25.8. The lowest BCUT2D eigenvalue weighted by Crippen LogP contribution is -2.32. The Morgan fingerprint density at radius 2 is 1.82 bits per heavy atom. The number of ether oxygens (including phenoxy) is 1. The first-order valence-electron chi connectivity index (χ1n) is 11.1. The summed E-state index contributed by atoms with van der Waals surface area (Å²) in [6, 6.07) is 19.2. The highest BCUT2D eigenvalue weighted by Crippen LogP contribution is 2.32. The van der Waals surface area contributed by atoms with Gasteiger partial charge in [0.25, 0.3) is 5.91 Å². The van der Waals surface area contributed by atoms with Crippen molar-refractivity contribution in [2.24, 2.45) is 0 Å². The summed E-state index contributed by atoms with van der Waals surface area (Å²) >= 11 is 0. The smallest absolute Gasteiger partial charge is 0.303 e. The molecule has 33 heavy (non-hydrogen) atoms. The van der Waals surface area contributed by atoms with Gasteiger partial charge in [0.05, 0.1) is 6.26 Å². The zero-order valence-electron chi connectivity index (χ0n) is 18.4. The fourth-order valence-electron chi connectivity index (χ4n) is 3.63. The van der Waals surface area contributed by atoms with E-state index in [9.17, 15) is 9.59 Å². The molecule has 3 aromatic rings. The minimum absolute atomic E-state index is 0.00636. The van der Waals surface area contributed by atoms with E-state index in [0.717, 1.165) is 35.5 Å². The minimum Gasteiger partial charge on any atom is -0.489 e. The normalized spacial score (nSPS) is 13.2. The molecule has 1 aliphatic rings. The number of para-hydroxylation sites is 1. The van der Waals surface area contributed by atoms with Crippen molar-refractivity contribution < 1.29 is 23.8 Å². The van der Waals surface area contributed by atoms with E-state index in [0.29, 0.717) is 25.1 Å². The zero-order chi connectivity index (χ0) is 23.0. The van der Waals surface area contributed by atoms with E-state index in [4.69, 9.17) is 14.3 Å². The van der Waals surface area contributed by atoms with E-state index in [2.05, 4.69) is 0 Å². The lowest BCUT2D eigenvalue weighted by molar-refractivity contribution is -0.136. The highest BCUT2D eigenvalue weighted by Gasteiger charge is 2.33. The summed E-state index contributed by atoms with van der Waals surface area (Å²) in [5.41, 5.74) is 2.53. The topological polar surface area (TPSA) is 80.0 Å². The lowest BCUT2D eigenvalue weighted by Gasteiger charge is -2.24. The fraction of sp³-hybridized carbons (Fsp3) is 0.259. The SMILES string of the molecule is O=C(O)CCC=CCOc1ccccc1CN(C(=O)c1ccc(-c2ccco2)cc1)C1CC1. The lowest BCUT2D eigenvalue weighted by atomic mass is 10.1. The number of benzene rings is 2. The zero-order valence-corrected chi connectivity index (χ0v) is 18.4. The summed E-state index contributed by atoms with van der Waals surface area (Å²) in [6.45, 7) is 0.824. The number of hydrogen-bond donors (Lipinski definition) is 1. The summed E-state index contributed by atoms with van der Waals surface area (Å²) in [5, 5.41) is 8.70. The van der Waals surface area contributed by atoms with Gasteiger partial charge in [-0.15, -0.1) is 0 Å². The molecular formula is C27H27NO5. The van der Waals surface area contributed by atoms with Crippen molar-refractivity contribution in [3.63, 3.8) is 0 Å². The van der Waals surface area contributed by atoms with Gasteiger partial charge in [0.15, 0.2) is 0 Å². The number of carbonyl (C=O) groups excluding carboxylic acids is 1. The fourth-order valence-corrected chi connectivity index (χ4v) is 3.63. The molecule has 1 fully saturated rings. The molecule has 0 spiro atoms. The van der Waals surface area contributed by atoms with Crippen molar-refractivity contribution in [1.29, 1.82) is 0 Å². The molecule has 0 aliphatic heterocycles. The second-order valence-electron chi connectivity index (χ2n) is 8.04. The summed E-state index contributed by atoms with van der Waals surface area (Å²) in [6.07, 6.45) is 7.86. The highest BCUT2D eigenvalue weighted by atomic mass is 16.5. The second kappa shape index (κ2) is 10.7. The van der Waals surface area contributed by atoms with Crippen molar-refractivity contribution in [3.8, 4) is 17.1 Å². The minimum atomic E-state index is -0.814. The van der Waals surface area contributed by atoms with Crippen molar-refractivity contribution in [2.45, 2.75) is 38.3 Å². The number of amides is 1. The highest BCUT2D eigenvalue weighted by molar-refractivity contribution is 5.95. The van der Waals surface area contributed by atoms with Crippen LogP contribution in [0.2, 0.25) is 0 Å². The standard InChI is InChI=1S/C27H27NO5/c29-26(30)10-2-1-5-17-32-25-8-4-3-7-22(25)19-28(23-15-16-23)27(31)21-13-11-20(12-14-21)24-9-6-18-33-24/h1,3-9,11-14,18,23H,2,10,15-17,19H2,(H,29,30). The van der Waals surface area contributed by atoms with Crippen LogP contribution in [0.5, 0.6) is 5.75 Å². The molecule has 4 rings (SSSR count). The number of nitrogens with zero attached hydrogens (tertiary/aromatic N) is 1. The number of furan rings is 1. The molecule has 1 N–H and O–H groups in total. The molecule has 1 saturated carbocycles. The average Bonchev–Trinajstić information content (AvgIpc) is 3.52. The molecule has 170 valence electrons. The van der Waals surface area contributed by atoms with Gasteiger partial charge in [-0.05, 0) is 49.6 Å². The molecule has 0 atom stereocenters. The Kier molecular flexibility index (Phi) is 7.25. The van der Waals surface area contributed by atoms with Gasteiger partial charge in [0.1, 0.15) is 18.1 Å². The quantitative estimate of drug-likeness (QED) is 0.391. The maximum Gasteiger partial charge on any atom is 0.303 e. The van der Waals surface area contributed by atoms with Gasteiger partial charge in [0, 0.05) is 35.7 Å². The Hall–Kier alpha value is -3.80. The molecule has 0 radical (unpaired) electrons. The average molecular weight is 446 g/mol. The first kappa shape index (κ1) is 22.4. The van der Waals surface area contributed by atoms with Gasteiger partial charge in [0.2, 0.25) is 0 Å². The molecule has 1 aliphatic carbocycles. The van der Waals surface area contributed by atoms with Crippen LogP contribution in [0, 0.1) is 0 Å². The first-order valence-corrected chi connectivity index (χ1v) is 11.1. The first-order chi connectivity index (χ1) is 16.1. The number of rotatable bonds is 11. The van der Waals surface area contributed by atoms with Crippen LogP contribution in [-0.4, -0.2) is 34.5 Å². The predicted molar refractivity (Wildman–Crippen MR) is 125 cm³/mol. The second-order valence-corrected chi connectivity index (χ2v) is 8.04.